The molecule has 1 aromatic heterocycles. The smallest absolute Gasteiger partial charge is 0.152 e. The number of carbonyl (C=O) groups is 1. The van der Waals surface area contributed by atoms with Crippen LogP contribution in [0.2, 0.25) is 5.02 Å². The predicted molar refractivity (Wildman–Crippen MR) is 58.1 cm³/mol. The van der Waals surface area contributed by atoms with Gasteiger partial charge in [0.1, 0.15) is 0 Å². The Labute approximate surface area is 87.1 Å². The van der Waals surface area contributed by atoms with Crippen LogP contribution in [0.1, 0.15) is 16.1 Å². The van der Waals surface area contributed by atoms with Crippen LogP contribution in [0.15, 0.2) is 18.2 Å². The molecule has 2 rings (SSSR count). The number of rotatable bonds is 1. The summed E-state index contributed by atoms with van der Waals surface area (Å²) < 4.78 is 2.00. The molecule has 72 valence electrons. The molecule has 0 saturated heterocycles. The standard InChI is InChI=1S/C11H10ClNO/c1-7-10(6-14)9-5-8(12)3-4-11(9)13(7)2/h3-6H,1-2H3. The number of benzene rings is 1. The Hall–Kier alpha value is -1.28. The van der Waals surface area contributed by atoms with Gasteiger partial charge in [0, 0.05) is 34.2 Å². The molecule has 0 fully saturated rings. The third kappa shape index (κ3) is 1.15. The van der Waals surface area contributed by atoms with E-state index >= 15 is 0 Å². The molecule has 1 heterocycles. The maximum Gasteiger partial charge on any atom is 0.152 e. The van der Waals surface area contributed by atoms with Gasteiger partial charge < -0.3 is 4.57 Å². The maximum atomic E-state index is 10.9. The Bertz CT molecular complexity index is 513. The van der Waals surface area contributed by atoms with E-state index in [2.05, 4.69) is 0 Å². The van der Waals surface area contributed by atoms with Crippen LogP contribution in [0.5, 0.6) is 0 Å². The lowest BCUT2D eigenvalue weighted by Crippen LogP contribution is -1.91. The number of aryl methyl sites for hydroxylation is 1. The topological polar surface area (TPSA) is 22.0 Å². The Balaban J connectivity index is 2.96. The molecular formula is C11H10ClNO. The molecule has 0 unspecified atom stereocenters. The van der Waals surface area contributed by atoms with Crippen LogP contribution in [0.25, 0.3) is 10.9 Å². The molecule has 0 amide bonds. The van der Waals surface area contributed by atoms with Crippen LogP contribution in [0.3, 0.4) is 0 Å². The molecule has 14 heavy (non-hydrogen) atoms. The SMILES string of the molecule is Cc1c(C=O)c2cc(Cl)ccc2n1C. The minimum atomic E-state index is 0.659. The largest absolute Gasteiger partial charge is 0.347 e. The molecular weight excluding hydrogens is 198 g/mol. The fourth-order valence-corrected chi connectivity index (χ4v) is 1.89. The molecule has 0 atom stereocenters. The highest BCUT2D eigenvalue weighted by Gasteiger charge is 2.10. The zero-order valence-corrected chi connectivity index (χ0v) is 8.80. The summed E-state index contributed by atoms with van der Waals surface area (Å²) in [6.45, 7) is 1.93. The van der Waals surface area contributed by atoms with Crippen LogP contribution in [0, 0.1) is 6.92 Å². The Morgan fingerprint density at radius 3 is 2.79 bits per heavy atom. The molecule has 1 aromatic carbocycles. The van der Waals surface area contributed by atoms with Crippen LogP contribution in [0.4, 0.5) is 0 Å². The number of nitrogens with zero attached hydrogens (tertiary/aromatic N) is 1. The summed E-state index contributed by atoms with van der Waals surface area (Å²) in [6, 6.07) is 5.59. The van der Waals surface area contributed by atoms with Crippen molar-refractivity contribution in [3.05, 3.63) is 34.5 Å². The lowest BCUT2D eigenvalue weighted by molar-refractivity contribution is 0.112. The van der Waals surface area contributed by atoms with E-state index in [1.807, 2.05) is 36.7 Å². The number of aldehydes is 1. The highest BCUT2D eigenvalue weighted by molar-refractivity contribution is 6.31. The van der Waals surface area contributed by atoms with Crippen molar-refractivity contribution >= 4 is 28.8 Å². The van der Waals surface area contributed by atoms with Crippen molar-refractivity contribution in [3.8, 4) is 0 Å². The summed E-state index contributed by atoms with van der Waals surface area (Å²) in [5.41, 5.74) is 2.73. The summed E-state index contributed by atoms with van der Waals surface area (Å²) in [5.74, 6) is 0. The third-order valence-corrected chi connectivity index (χ3v) is 2.86. The number of hydrogen-bond acceptors (Lipinski definition) is 1. The number of hydrogen-bond donors (Lipinski definition) is 0. The van der Waals surface area contributed by atoms with Crippen molar-refractivity contribution in [3.63, 3.8) is 0 Å². The van der Waals surface area contributed by atoms with E-state index in [1.54, 1.807) is 0 Å². The van der Waals surface area contributed by atoms with Gasteiger partial charge in [-0.15, -0.1) is 0 Å². The van der Waals surface area contributed by atoms with Crippen molar-refractivity contribution in [2.24, 2.45) is 7.05 Å². The zero-order valence-electron chi connectivity index (χ0n) is 8.04. The highest BCUT2D eigenvalue weighted by Crippen LogP contribution is 2.26. The molecule has 0 spiro atoms. The molecule has 0 N–H and O–H groups in total. The van der Waals surface area contributed by atoms with Gasteiger partial charge in [-0.25, -0.2) is 0 Å². The first kappa shape index (κ1) is 9.28. The second kappa shape index (κ2) is 3.14. The van der Waals surface area contributed by atoms with Crippen LogP contribution in [-0.4, -0.2) is 10.9 Å². The van der Waals surface area contributed by atoms with Gasteiger partial charge in [-0.2, -0.15) is 0 Å². The Kier molecular flexibility index (Phi) is 2.08. The summed E-state index contributed by atoms with van der Waals surface area (Å²) in [4.78, 5) is 10.9. The maximum absolute atomic E-state index is 10.9. The van der Waals surface area contributed by atoms with Crippen molar-refractivity contribution in [2.45, 2.75) is 6.92 Å². The van der Waals surface area contributed by atoms with E-state index in [0.29, 0.717) is 5.02 Å². The first-order valence-corrected chi connectivity index (χ1v) is 4.72. The Morgan fingerprint density at radius 1 is 1.43 bits per heavy atom. The van der Waals surface area contributed by atoms with Gasteiger partial charge in [0.15, 0.2) is 6.29 Å². The minimum Gasteiger partial charge on any atom is -0.347 e. The minimum absolute atomic E-state index is 0.659. The van der Waals surface area contributed by atoms with Crippen LogP contribution < -0.4 is 0 Å². The second-order valence-electron chi connectivity index (χ2n) is 3.34. The summed E-state index contributed by atoms with van der Waals surface area (Å²) in [5, 5.41) is 1.58. The Morgan fingerprint density at radius 2 is 2.14 bits per heavy atom. The van der Waals surface area contributed by atoms with Gasteiger partial charge in [-0.05, 0) is 25.1 Å². The molecule has 0 radical (unpaired) electrons. The third-order valence-electron chi connectivity index (χ3n) is 2.62. The van der Waals surface area contributed by atoms with E-state index in [-0.39, 0.29) is 0 Å². The first-order valence-electron chi connectivity index (χ1n) is 4.35. The number of halogens is 1. The second-order valence-corrected chi connectivity index (χ2v) is 3.77. The van der Waals surface area contributed by atoms with Gasteiger partial charge in [0.25, 0.3) is 0 Å². The molecule has 0 saturated carbocycles. The number of carbonyl (C=O) groups excluding carboxylic acids is 1. The predicted octanol–water partition coefficient (Wildman–Crippen LogP) is 2.95. The number of aromatic nitrogens is 1. The molecule has 3 heteroatoms. The monoisotopic (exact) mass is 207 g/mol. The molecule has 0 aliphatic heterocycles. The molecule has 2 aromatic rings. The van der Waals surface area contributed by atoms with Crippen molar-refractivity contribution < 1.29 is 4.79 Å². The van der Waals surface area contributed by atoms with Crippen molar-refractivity contribution in [1.82, 2.24) is 4.57 Å². The average Bonchev–Trinajstić information content (AvgIpc) is 2.39. The van der Waals surface area contributed by atoms with Gasteiger partial charge in [-0.1, -0.05) is 11.6 Å². The van der Waals surface area contributed by atoms with Crippen LogP contribution >= 0.6 is 11.6 Å². The quantitative estimate of drug-likeness (QED) is 0.659. The normalized spacial score (nSPS) is 10.8. The van der Waals surface area contributed by atoms with Gasteiger partial charge in [0.2, 0.25) is 0 Å². The van der Waals surface area contributed by atoms with Crippen molar-refractivity contribution in [2.75, 3.05) is 0 Å². The first-order chi connectivity index (χ1) is 6.65. The van der Waals surface area contributed by atoms with E-state index in [4.69, 9.17) is 11.6 Å². The van der Waals surface area contributed by atoms with Gasteiger partial charge in [0.05, 0.1) is 0 Å². The summed E-state index contributed by atoms with van der Waals surface area (Å²) in [7, 11) is 1.94. The lowest BCUT2D eigenvalue weighted by Gasteiger charge is -1.97. The fraction of sp³-hybridized carbons (Fsp3) is 0.182. The highest BCUT2D eigenvalue weighted by atomic mass is 35.5. The fourth-order valence-electron chi connectivity index (χ4n) is 1.72. The van der Waals surface area contributed by atoms with E-state index in [1.165, 1.54) is 0 Å². The van der Waals surface area contributed by atoms with E-state index in [9.17, 15) is 4.79 Å². The molecule has 2 nitrogen and oxygen atoms in total. The van der Waals surface area contributed by atoms with E-state index < -0.39 is 0 Å². The average molecular weight is 208 g/mol. The number of fused-ring (bicyclic) bond motifs is 1. The molecule has 0 aliphatic carbocycles. The van der Waals surface area contributed by atoms with Crippen molar-refractivity contribution in [1.29, 1.82) is 0 Å². The van der Waals surface area contributed by atoms with Gasteiger partial charge >= 0.3 is 0 Å². The lowest BCUT2D eigenvalue weighted by atomic mass is 10.1. The zero-order chi connectivity index (χ0) is 10.3. The molecule has 0 bridgehead atoms. The summed E-state index contributed by atoms with van der Waals surface area (Å²) >= 11 is 5.88. The van der Waals surface area contributed by atoms with Crippen LogP contribution in [-0.2, 0) is 7.05 Å². The van der Waals surface area contributed by atoms with E-state index in [0.717, 1.165) is 28.4 Å². The molecule has 0 aliphatic rings. The summed E-state index contributed by atoms with van der Waals surface area (Å²) in [6.07, 6.45) is 0.883. The van der Waals surface area contributed by atoms with Gasteiger partial charge in [-0.3, -0.25) is 4.79 Å².